The van der Waals surface area contributed by atoms with E-state index in [-0.39, 0.29) is 5.97 Å². The fourth-order valence-corrected chi connectivity index (χ4v) is 3.40. The van der Waals surface area contributed by atoms with Gasteiger partial charge in [-0.05, 0) is 58.5 Å². The number of carbonyl (C=O) groups is 1. The minimum absolute atomic E-state index is 0.300. The molecule has 0 atom stereocenters. The van der Waals surface area contributed by atoms with Crippen LogP contribution in [0.2, 0.25) is 0 Å². The first-order valence-electron chi connectivity index (χ1n) is 9.03. The van der Waals surface area contributed by atoms with E-state index in [2.05, 4.69) is 55.5 Å². The number of esters is 1. The van der Waals surface area contributed by atoms with Crippen LogP contribution in [0, 0.1) is 0 Å². The van der Waals surface area contributed by atoms with E-state index < -0.39 is 0 Å². The molecule has 0 fully saturated rings. The number of ether oxygens (including phenoxy) is 1. The van der Waals surface area contributed by atoms with Gasteiger partial charge in [0.15, 0.2) is 0 Å². The predicted octanol–water partition coefficient (Wildman–Crippen LogP) is 5.91. The Morgan fingerprint density at radius 3 is 2.00 bits per heavy atom. The summed E-state index contributed by atoms with van der Waals surface area (Å²) in [6.45, 7) is 4.43. The van der Waals surface area contributed by atoms with Crippen molar-refractivity contribution in [3.05, 3.63) is 65.7 Å². The number of aryl methyl sites for hydroxylation is 1. The largest absolute Gasteiger partial charge is 0.463 e. The minimum Gasteiger partial charge on any atom is -0.463 e. The van der Waals surface area contributed by atoms with E-state index in [1.807, 2.05) is 13.0 Å². The van der Waals surface area contributed by atoms with Crippen LogP contribution in [0.3, 0.4) is 0 Å². The third-order valence-corrected chi connectivity index (χ3v) is 4.54. The molecule has 3 aromatic rings. The summed E-state index contributed by atoms with van der Waals surface area (Å²) in [6.07, 6.45) is 6.84. The van der Waals surface area contributed by atoms with Crippen molar-refractivity contribution < 1.29 is 9.53 Å². The fraction of sp³-hybridized carbons (Fsp3) is 0.261. The van der Waals surface area contributed by atoms with Gasteiger partial charge in [-0.3, -0.25) is 0 Å². The molecule has 3 aromatic carbocycles. The summed E-state index contributed by atoms with van der Waals surface area (Å²) >= 11 is 0. The summed E-state index contributed by atoms with van der Waals surface area (Å²) in [5, 5.41) is 4.93. The molecular formula is C23H24O2. The second-order valence-corrected chi connectivity index (χ2v) is 6.17. The Morgan fingerprint density at radius 1 is 0.920 bits per heavy atom. The molecule has 2 heteroatoms. The fourth-order valence-electron chi connectivity index (χ4n) is 3.40. The Kier molecular flexibility index (Phi) is 5.49. The Balaban J connectivity index is 2.26. The first-order chi connectivity index (χ1) is 12.3. The number of carbonyl (C=O) groups excluding carboxylic acids is 1. The highest BCUT2D eigenvalue weighted by atomic mass is 16.5. The number of hydrogen-bond acceptors (Lipinski definition) is 2. The zero-order valence-electron chi connectivity index (χ0n) is 14.9. The number of benzene rings is 3. The molecule has 0 aliphatic rings. The molecule has 0 amide bonds. The maximum Gasteiger partial charge on any atom is 0.330 e. The average molecular weight is 332 g/mol. The lowest BCUT2D eigenvalue weighted by Gasteiger charge is -2.15. The first-order valence-corrected chi connectivity index (χ1v) is 9.03. The van der Waals surface area contributed by atoms with Crippen molar-refractivity contribution in [3.63, 3.8) is 0 Å². The molecule has 2 nitrogen and oxygen atoms in total. The molecule has 0 bridgehead atoms. The van der Waals surface area contributed by atoms with E-state index >= 15 is 0 Å². The standard InChI is InChI=1S/C23H24O2/c1-3-5-10-17-18-11-6-8-13-20(18)22(15-16-23(24)25-4-2)21-14-9-7-12-19(17)21/h6-9,11-16H,3-5,10H2,1-2H3. The molecular weight excluding hydrogens is 308 g/mol. The third kappa shape index (κ3) is 3.58. The third-order valence-electron chi connectivity index (χ3n) is 4.54. The summed E-state index contributed by atoms with van der Waals surface area (Å²) in [6, 6.07) is 17.0. The van der Waals surface area contributed by atoms with E-state index in [1.165, 1.54) is 46.0 Å². The van der Waals surface area contributed by atoms with Crippen molar-refractivity contribution >= 4 is 33.6 Å². The number of hydrogen-bond donors (Lipinski definition) is 0. The van der Waals surface area contributed by atoms with Crippen molar-refractivity contribution in [2.75, 3.05) is 6.61 Å². The zero-order chi connectivity index (χ0) is 17.6. The van der Waals surface area contributed by atoms with Gasteiger partial charge in [-0.2, -0.15) is 0 Å². The normalized spacial score (nSPS) is 11.4. The van der Waals surface area contributed by atoms with E-state index in [0.717, 1.165) is 12.0 Å². The van der Waals surface area contributed by atoms with Gasteiger partial charge in [0.25, 0.3) is 0 Å². The van der Waals surface area contributed by atoms with Gasteiger partial charge in [0.05, 0.1) is 6.61 Å². The molecule has 0 spiro atoms. The lowest BCUT2D eigenvalue weighted by atomic mass is 9.89. The van der Waals surface area contributed by atoms with Crippen LogP contribution in [0.25, 0.3) is 27.6 Å². The number of fused-ring (bicyclic) bond motifs is 2. The molecule has 0 aliphatic heterocycles. The molecule has 0 N–H and O–H groups in total. The SMILES string of the molecule is CCCCc1c2ccccc2c(C=CC(=O)OCC)c2ccccc12. The van der Waals surface area contributed by atoms with E-state index in [9.17, 15) is 4.79 Å². The second-order valence-electron chi connectivity index (χ2n) is 6.17. The lowest BCUT2D eigenvalue weighted by molar-refractivity contribution is -0.137. The van der Waals surface area contributed by atoms with Gasteiger partial charge in [-0.1, -0.05) is 61.9 Å². The summed E-state index contributed by atoms with van der Waals surface area (Å²) in [5.41, 5.74) is 2.49. The van der Waals surface area contributed by atoms with E-state index in [0.29, 0.717) is 6.61 Å². The van der Waals surface area contributed by atoms with E-state index in [1.54, 1.807) is 0 Å². The first kappa shape index (κ1) is 17.2. The van der Waals surface area contributed by atoms with Gasteiger partial charge < -0.3 is 4.74 Å². The molecule has 0 unspecified atom stereocenters. The van der Waals surface area contributed by atoms with Gasteiger partial charge in [0, 0.05) is 6.08 Å². The minimum atomic E-state index is -0.300. The van der Waals surface area contributed by atoms with Gasteiger partial charge >= 0.3 is 5.97 Å². The highest BCUT2D eigenvalue weighted by Crippen LogP contribution is 2.34. The van der Waals surface area contributed by atoms with Crippen LogP contribution in [0.1, 0.15) is 37.8 Å². The number of unbranched alkanes of at least 4 members (excludes halogenated alkanes) is 1. The summed E-state index contributed by atoms with van der Waals surface area (Å²) in [4.78, 5) is 11.8. The summed E-state index contributed by atoms with van der Waals surface area (Å²) < 4.78 is 5.04. The molecule has 128 valence electrons. The van der Waals surface area contributed by atoms with Gasteiger partial charge in [-0.25, -0.2) is 4.79 Å². The van der Waals surface area contributed by atoms with Gasteiger partial charge in [0.1, 0.15) is 0 Å². The van der Waals surface area contributed by atoms with Crippen LogP contribution >= 0.6 is 0 Å². The van der Waals surface area contributed by atoms with Crippen molar-refractivity contribution in [1.29, 1.82) is 0 Å². The van der Waals surface area contributed by atoms with Crippen LogP contribution in [0.4, 0.5) is 0 Å². The lowest BCUT2D eigenvalue weighted by Crippen LogP contribution is -1.99. The van der Waals surface area contributed by atoms with Crippen molar-refractivity contribution in [2.24, 2.45) is 0 Å². The Labute approximate surface area is 149 Å². The van der Waals surface area contributed by atoms with Gasteiger partial charge in [0.2, 0.25) is 0 Å². The maximum absolute atomic E-state index is 11.8. The topological polar surface area (TPSA) is 26.3 Å². The summed E-state index contributed by atoms with van der Waals surface area (Å²) in [5.74, 6) is -0.300. The van der Waals surface area contributed by atoms with Crippen LogP contribution in [-0.2, 0) is 16.0 Å². The summed E-state index contributed by atoms with van der Waals surface area (Å²) in [7, 11) is 0. The Bertz CT molecular complexity index is 865. The van der Waals surface area contributed by atoms with E-state index in [4.69, 9.17) is 4.74 Å². The maximum atomic E-state index is 11.8. The molecule has 3 rings (SSSR count). The number of rotatable bonds is 6. The van der Waals surface area contributed by atoms with Gasteiger partial charge in [-0.15, -0.1) is 0 Å². The molecule has 0 saturated carbocycles. The van der Waals surface area contributed by atoms with Crippen molar-refractivity contribution in [3.8, 4) is 0 Å². The molecule has 0 aliphatic carbocycles. The highest BCUT2D eigenvalue weighted by Gasteiger charge is 2.12. The molecule has 0 saturated heterocycles. The molecule has 0 radical (unpaired) electrons. The Hall–Kier alpha value is -2.61. The smallest absolute Gasteiger partial charge is 0.330 e. The quantitative estimate of drug-likeness (QED) is 0.318. The van der Waals surface area contributed by atoms with Crippen LogP contribution in [0.15, 0.2) is 54.6 Å². The molecule has 0 aromatic heterocycles. The molecule has 0 heterocycles. The van der Waals surface area contributed by atoms with Crippen LogP contribution < -0.4 is 0 Å². The van der Waals surface area contributed by atoms with Crippen molar-refractivity contribution in [2.45, 2.75) is 33.1 Å². The van der Waals surface area contributed by atoms with Crippen LogP contribution in [0.5, 0.6) is 0 Å². The predicted molar refractivity (Wildman–Crippen MR) is 106 cm³/mol. The Morgan fingerprint density at radius 2 is 1.48 bits per heavy atom. The van der Waals surface area contributed by atoms with Crippen LogP contribution in [-0.4, -0.2) is 12.6 Å². The second kappa shape index (κ2) is 7.98. The average Bonchev–Trinajstić information content (AvgIpc) is 2.64. The van der Waals surface area contributed by atoms with Crippen molar-refractivity contribution in [1.82, 2.24) is 0 Å². The monoisotopic (exact) mass is 332 g/mol. The highest BCUT2D eigenvalue weighted by molar-refractivity contribution is 6.10. The molecule has 25 heavy (non-hydrogen) atoms. The zero-order valence-corrected chi connectivity index (χ0v) is 14.9.